The molecule has 218 valence electrons. The van der Waals surface area contributed by atoms with Crippen LogP contribution in [-0.2, 0) is 25.7 Å². The summed E-state index contributed by atoms with van der Waals surface area (Å²) in [6, 6.07) is 13.3. The number of rotatable bonds is 10. The molecule has 0 saturated heterocycles. The van der Waals surface area contributed by atoms with E-state index in [1.807, 2.05) is 31.2 Å². The van der Waals surface area contributed by atoms with Crippen LogP contribution < -0.4 is 9.47 Å². The monoisotopic (exact) mass is 579 g/mol. The summed E-state index contributed by atoms with van der Waals surface area (Å²) in [5.41, 5.74) is 3.24. The largest absolute Gasteiger partial charge is 0.494 e. The highest BCUT2D eigenvalue weighted by Crippen LogP contribution is 2.37. The number of methoxy groups -OCH3 is 3. The van der Waals surface area contributed by atoms with Gasteiger partial charge in [0.05, 0.1) is 19.5 Å². The molecule has 0 amide bonds. The molecule has 2 atom stereocenters. The lowest BCUT2D eigenvalue weighted by Crippen LogP contribution is -2.30. The summed E-state index contributed by atoms with van der Waals surface area (Å²) in [5.74, 6) is 1.48. The van der Waals surface area contributed by atoms with Crippen LogP contribution in [0.3, 0.4) is 0 Å². The van der Waals surface area contributed by atoms with Crippen molar-refractivity contribution in [3.8, 4) is 28.6 Å². The van der Waals surface area contributed by atoms with Gasteiger partial charge in [0.2, 0.25) is 0 Å². The normalized spacial score (nSPS) is 13.6. The Morgan fingerprint density at radius 3 is 2.00 bits per heavy atom. The van der Waals surface area contributed by atoms with Crippen molar-refractivity contribution < 1.29 is 22.6 Å². The maximum atomic E-state index is 13.9. The summed E-state index contributed by atoms with van der Waals surface area (Å²) in [7, 11) is 0.679. The van der Waals surface area contributed by atoms with E-state index >= 15 is 0 Å². The maximum Gasteiger partial charge on any atom is 0.168 e. The van der Waals surface area contributed by atoms with Crippen molar-refractivity contribution >= 4 is 9.84 Å². The van der Waals surface area contributed by atoms with Gasteiger partial charge in [-0.1, -0.05) is 51.1 Å². The van der Waals surface area contributed by atoms with Gasteiger partial charge < -0.3 is 14.2 Å². The molecule has 0 unspecified atom stereocenters. The van der Waals surface area contributed by atoms with Gasteiger partial charge in [-0.05, 0) is 42.5 Å². The van der Waals surface area contributed by atoms with Crippen LogP contribution in [0, 0.1) is 6.92 Å². The first-order chi connectivity index (χ1) is 19.4. The van der Waals surface area contributed by atoms with Gasteiger partial charge in [0.25, 0.3) is 0 Å². The number of sulfone groups is 1. The van der Waals surface area contributed by atoms with Crippen LogP contribution in [0.4, 0.5) is 0 Å². The van der Waals surface area contributed by atoms with Crippen molar-refractivity contribution in [2.75, 3.05) is 21.3 Å². The number of hydrogen-bond donors (Lipinski definition) is 0. The van der Waals surface area contributed by atoms with Crippen LogP contribution in [0.1, 0.15) is 56.6 Å². The number of hydrogen-bond acceptors (Lipinski definition) is 9. The van der Waals surface area contributed by atoms with Crippen molar-refractivity contribution in [3.63, 3.8) is 0 Å². The van der Waals surface area contributed by atoms with E-state index in [2.05, 4.69) is 40.9 Å². The fourth-order valence-corrected chi connectivity index (χ4v) is 5.98. The summed E-state index contributed by atoms with van der Waals surface area (Å²) in [6.07, 6.45) is 2.40. The second-order valence-corrected chi connectivity index (χ2v) is 13.3. The second-order valence-electron chi connectivity index (χ2n) is 10.9. The van der Waals surface area contributed by atoms with Gasteiger partial charge in [0, 0.05) is 25.1 Å². The van der Waals surface area contributed by atoms with Crippen LogP contribution in [0.15, 0.2) is 54.9 Å². The smallest absolute Gasteiger partial charge is 0.168 e. The Balaban J connectivity index is 1.84. The fraction of sp³-hybridized carbons (Fsp3) is 0.400. The molecular formula is C30H37N5O5S. The lowest BCUT2D eigenvalue weighted by molar-refractivity contribution is 0.0947. The molecule has 0 spiro atoms. The Hall–Kier alpha value is -3.83. The third-order valence-electron chi connectivity index (χ3n) is 7.00. The minimum Gasteiger partial charge on any atom is -0.494 e. The Morgan fingerprint density at radius 2 is 1.49 bits per heavy atom. The predicted octanol–water partition coefficient (Wildman–Crippen LogP) is 5.04. The van der Waals surface area contributed by atoms with Crippen LogP contribution >= 0.6 is 0 Å². The number of aromatic nitrogens is 5. The van der Waals surface area contributed by atoms with Gasteiger partial charge in [0.1, 0.15) is 29.0 Å². The van der Waals surface area contributed by atoms with Crippen molar-refractivity contribution in [2.24, 2.45) is 0 Å². The molecule has 4 aromatic rings. The van der Waals surface area contributed by atoms with E-state index < -0.39 is 26.9 Å². The SMILES string of the molecule is COc1cccc(OC)c1-n1c(CS(=O)(=O)[C@@H](C)[C@H](OC)c2ncc(C)cn2)nnc1-c1ccc(C(C)(C)C)cc1. The molecule has 0 N–H and O–H groups in total. The highest BCUT2D eigenvalue weighted by atomic mass is 32.2. The van der Waals surface area contributed by atoms with E-state index in [1.165, 1.54) is 7.11 Å². The van der Waals surface area contributed by atoms with Gasteiger partial charge >= 0.3 is 0 Å². The number of aryl methyl sites for hydroxylation is 1. The van der Waals surface area contributed by atoms with E-state index in [-0.39, 0.29) is 11.2 Å². The zero-order chi connectivity index (χ0) is 29.9. The average molecular weight is 580 g/mol. The summed E-state index contributed by atoms with van der Waals surface area (Å²) in [4.78, 5) is 8.61. The molecule has 0 aliphatic heterocycles. The molecule has 2 heterocycles. The molecule has 0 fully saturated rings. The Bertz CT molecular complexity index is 1570. The van der Waals surface area contributed by atoms with Crippen LogP contribution in [0.2, 0.25) is 0 Å². The number of nitrogens with zero attached hydrogens (tertiary/aromatic N) is 5. The molecular weight excluding hydrogens is 542 g/mol. The van der Waals surface area contributed by atoms with Crippen LogP contribution in [0.5, 0.6) is 11.5 Å². The summed E-state index contributed by atoms with van der Waals surface area (Å²) in [6.45, 7) is 9.87. The Morgan fingerprint density at radius 1 is 0.902 bits per heavy atom. The highest BCUT2D eigenvalue weighted by Gasteiger charge is 2.35. The minimum absolute atomic E-state index is 0.0352. The molecule has 10 nitrogen and oxygen atoms in total. The van der Waals surface area contributed by atoms with Crippen molar-refractivity contribution in [3.05, 3.63) is 77.6 Å². The first-order valence-electron chi connectivity index (χ1n) is 13.2. The van der Waals surface area contributed by atoms with Crippen LogP contribution in [0.25, 0.3) is 17.1 Å². The first-order valence-corrected chi connectivity index (χ1v) is 14.9. The van der Waals surface area contributed by atoms with Gasteiger partial charge in [0.15, 0.2) is 27.3 Å². The molecule has 11 heteroatoms. The molecule has 0 aliphatic rings. The van der Waals surface area contributed by atoms with Crippen LogP contribution in [-0.4, -0.2) is 59.7 Å². The minimum atomic E-state index is -3.86. The van der Waals surface area contributed by atoms with Gasteiger partial charge in [-0.2, -0.15) is 0 Å². The summed E-state index contributed by atoms with van der Waals surface area (Å²) in [5, 5.41) is 7.86. The standard InChI is InChI=1S/C30H37N5O5S/c1-19-16-31-28(32-17-19)27(40-8)20(2)41(36,37)18-25-33-34-29(21-12-14-22(15-13-21)30(3,4)5)35(25)26-23(38-6)10-9-11-24(26)39-7/h9-17,20,27H,18H2,1-8H3/t20-,27-/m0/s1. The van der Waals surface area contributed by atoms with E-state index in [0.717, 1.165) is 16.7 Å². The first kappa shape index (κ1) is 30.1. The van der Waals surface area contributed by atoms with Crippen molar-refractivity contribution in [1.29, 1.82) is 0 Å². The molecule has 41 heavy (non-hydrogen) atoms. The van der Waals surface area contributed by atoms with E-state index in [0.29, 0.717) is 28.8 Å². The molecule has 2 aromatic heterocycles. The van der Waals surface area contributed by atoms with Crippen molar-refractivity contribution in [1.82, 2.24) is 24.7 Å². The second kappa shape index (κ2) is 12.0. The molecule has 2 aromatic carbocycles. The summed E-state index contributed by atoms with van der Waals surface area (Å²) < 4.78 is 46.3. The zero-order valence-corrected chi connectivity index (χ0v) is 25.6. The fourth-order valence-electron chi connectivity index (χ4n) is 4.56. The van der Waals surface area contributed by atoms with Gasteiger partial charge in [-0.3, -0.25) is 4.57 Å². The highest BCUT2D eigenvalue weighted by molar-refractivity contribution is 7.91. The van der Waals surface area contributed by atoms with Crippen molar-refractivity contribution in [2.45, 2.75) is 57.1 Å². The lowest BCUT2D eigenvalue weighted by Gasteiger charge is -2.22. The Kier molecular flexibility index (Phi) is 8.79. The van der Waals surface area contributed by atoms with E-state index in [1.54, 1.807) is 56.3 Å². The molecule has 0 aliphatic carbocycles. The molecule has 0 bridgehead atoms. The maximum absolute atomic E-state index is 13.9. The molecule has 0 saturated carbocycles. The topological polar surface area (TPSA) is 118 Å². The molecule has 0 radical (unpaired) electrons. The lowest BCUT2D eigenvalue weighted by atomic mass is 9.86. The third kappa shape index (κ3) is 6.25. The average Bonchev–Trinajstić information content (AvgIpc) is 3.35. The Labute approximate surface area is 241 Å². The predicted molar refractivity (Wildman–Crippen MR) is 157 cm³/mol. The van der Waals surface area contributed by atoms with Gasteiger partial charge in [-0.25, -0.2) is 18.4 Å². The number of para-hydroxylation sites is 1. The van der Waals surface area contributed by atoms with Gasteiger partial charge in [-0.15, -0.1) is 10.2 Å². The number of ether oxygens (including phenoxy) is 3. The number of benzene rings is 2. The quantitative estimate of drug-likeness (QED) is 0.255. The summed E-state index contributed by atoms with van der Waals surface area (Å²) >= 11 is 0. The molecule has 4 rings (SSSR count). The van der Waals surface area contributed by atoms with E-state index in [4.69, 9.17) is 14.2 Å². The third-order valence-corrected chi connectivity index (χ3v) is 9.04. The zero-order valence-electron chi connectivity index (χ0n) is 24.7. The van der Waals surface area contributed by atoms with E-state index in [9.17, 15) is 8.42 Å².